The molecule has 1 unspecified atom stereocenters. The van der Waals surface area contributed by atoms with Crippen molar-refractivity contribution in [1.82, 2.24) is 5.01 Å². The Morgan fingerprint density at radius 1 is 1.16 bits per heavy atom. The van der Waals surface area contributed by atoms with Crippen LogP contribution in [0.15, 0.2) is 76.4 Å². The monoisotopic (exact) mass is 456 g/mol. The van der Waals surface area contributed by atoms with Gasteiger partial charge in [0.15, 0.2) is 5.76 Å². The van der Waals surface area contributed by atoms with E-state index in [1.54, 1.807) is 54.6 Å². The second-order valence-corrected chi connectivity index (χ2v) is 8.82. The topological polar surface area (TPSA) is 153 Å². The van der Waals surface area contributed by atoms with Crippen LogP contribution in [0.3, 0.4) is 0 Å². The molecule has 10 nitrogen and oxygen atoms in total. The molecule has 0 saturated heterocycles. The minimum absolute atomic E-state index is 0. The van der Waals surface area contributed by atoms with Crippen LogP contribution in [0.1, 0.15) is 34.1 Å². The summed E-state index contributed by atoms with van der Waals surface area (Å²) in [5.41, 5.74) is 2.95. The van der Waals surface area contributed by atoms with E-state index in [1.807, 2.05) is 11.2 Å². The molecule has 0 spiro atoms. The fourth-order valence-corrected chi connectivity index (χ4v) is 3.96. The quantitative estimate of drug-likeness (QED) is 0.578. The lowest BCUT2D eigenvalue weighted by Gasteiger charge is -2.20. The van der Waals surface area contributed by atoms with E-state index >= 15 is 0 Å². The Bertz CT molecular complexity index is 1250. The third-order valence-corrected chi connectivity index (χ3v) is 5.37. The van der Waals surface area contributed by atoms with Crippen LogP contribution >= 0.6 is 0 Å². The largest absolute Gasteiger partial charge is 0.870 e. The van der Waals surface area contributed by atoms with E-state index in [0.29, 0.717) is 23.5 Å². The number of amides is 1. The number of nitroso groups, excluding NO2 is 1. The Morgan fingerprint density at radius 3 is 2.53 bits per heavy atom. The van der Waals surface area contributed by atoms with Gasteiger partial charge in [-0.1, -0.05) is 24.3 Å². The molecule has 3 aromatic rings. The number of rotatable bonds is 6. The zero-order valence-corrected chi connectivity index (χ0v) is 17.7. The van der Waals surface area contributed by atoms with Crippen molar-refractivity contribution >= 4 is 33.0 Å². The Labute approximate surface area is 183 Å². The number of hydrogen-bond donors (Lipinski definition) is 2. The minimum atomic E-state index is -3.38. The first-order valence-corrected chi connectivity index (χ1v) is 11.2. The van der Waals surface area contributed by atoms with Gasteiger partial charge in [-0.2, -0.15) is 5.10 Å². The second-order valence-electron chi connectivity index (χ2n) is 7.07. The summed E-state index contributed by atoms with van der Waals surface area (Å²) >= 11 is 0. The van der Waals surface area contributed by atoms with Gasteiger partial charge in [0.05, 0.1) is 24.3 Å². The van der Waals surface area contributed by atoms with E-state index in [1.165, 1.54) is 11.3 Å². The smallest absolute Gasteiger partial charge is 0.310 e. The highest BCUT2D eigenvalue weighted by atomic mass is 32.2. The van der Waals surface area contributed by atoms with Crippen LogP contribution in [0.25, 0.3) is 0 Å². The van der Waals surface area contributed by atoms with E-state index in [9.17, 15) is 18.1 Å². The molecule has 2 heterocycles. The van der Waals surface area contributed by atoms with Gasteiger partial charge in [-0.25, -0.2) is 13.4 Å². The van der Waals surface area contributed by atoms with Crippen molar-refractivity contribution in [3.05, 3.63) is 88.7 Å². The number of anilines is 1. The first kappa shape index (κ1) is 22.8. The van der Waals surface area contributed by atoms with E-state index in [0.717, 1.165) is 17.4 Å². The van der Waals surface area contributed by atoms with Crippen molar-refractivity contribution in [2.45, 2.75) is 12.5 Å². The summed E-state index contributed by atoms with van der Waals surface area (Å²) in [6, 6.07) is 16.4. The lowest BCUT2D eigenvalue weighted by atomic mass is 9.98. The van der Waals surface area contributed by atoms with Crippen LogP contribution in [0.2, 0.25) is 0 Å². The maximum atomic E-state index is 13.0. The average Bonchev–Trinajstić information content (AvgIpc) is 3.43. The number of nitrogens with zero attached hydrogens (tertiary/aromatic N) is 2. The highest BCUT2D eigenvalue weighted by Gasteiger charge is 2.35. The maximum absolute atomic E-state index is 13.0. The van der Waals surface area contributed by atoms with Gasteiger partial charge >= 0.3 is 5.91 Å². The third-order valence-electron chi connectivity index (χ3n) is 4.76. The molecular weight excluding hydrogens is 436 g/mol. The number of hydrazone groups is 1. The zero-order valence-electron chi connectivity index (χ0n) is 16.9. The summed E-state index contributed by atoms with van der Waals surface area (Å²) in [5, 5.41) is 7.75. The second kappa shape index (κ2) is 9.12. The van der Waals surface area contributed by atoms with Crippen LogP contribution < -0.4 is 9.90 Å². The number of nitrogens with one attached hydrogen (secondary N) is 2. The summed E-state index contributed by atoms with van der Waals surface area (Å²) in [6.07, 6.45) is 2.90. The van der Waals surface area contributed by atoms with Crippen molar-refractivity contribution in [3.8, 4) is 0 Å². The molecule has 4 rings (SSSR count). The lowest BCUT2D eigenvalue weighted by Crippen LogP contribution is -2.55. The molecule has 11 heteroatoms. The highest BCUT2D eigenvalue weighted by molar-refractivity contribution is 7.92. The molecule has 1 aliphatic heterocycles. The molecule has 1 aromatic heterocycles. The lowest BCUT2D eigenvalue weighted by molar-refractivity contribution is -0.379. The summed E-state index contributed by atoms with van der Waals surface area (Å²) in [5.74, 6) is -0.248. The predicted octanol–water partition coefficient (Wildman–Crippen LogP) is 1.94. The van der Waals surface area contributed by atoms with E-state index in [4.69, 9.17) is 4.42 Å². The summed E-state index contributed by atoms with van der Waals surface area (Å²) in [7, 11) is -3.38. The predicted molar refractivity (Wildman–Crippen MR) is 116 cm³/mol. The Balaban J connectivity index is 0.00000289. The van der Waals surface area contributed by atoms with Crippen molar-refractivity contribution in [1.29, 1.82) is 0 Å². The molecule has 1 amide bonds. The molecule has 32 heavy (non-hydrogen) atoms. The van der Waals surface area contributed by atoms with Crippen molar-refractivity contribution in [3.63, 3.8) is 0 Å². The van der Waals surface area contributed by atoms with Gasteiger partial charge in [0, 0.05) is 34.3 Å². The van der Waals surface area contributed by atoms with Gasteiger partial charge in [-0.15, -0.1) is 0 Å². The normalized spacial score (nSPS) is 15.6. The number of furan rings is 1. The van der Waals surface area contributed by atoms with Gasteiger partial charge in [0.25, 0.3) is 5.69 Å². The zero-order chi connectivity index (χ0) is 22.0. The van der Waals surface area contributed by atoms with Crippen molar-refractivity contribution < 1.29 is 28.3 Å². The molecule has 3 N–H and O–H groups in total. The molecule has 1 atom stereocenters. The Kier molecular flexibility index (Phi) is 6.51. The molecule has 2 aromatic carbocycles. The SMILES string of the molecule is CS(=O)(=O)Nc1ccc(C2=NN(C(=O)c3ccco3)C(c3cccc([NH+]=O)c3)C2)cc1.[OH-]. The maximum Gasteiger partial charge on any atom is 0.310 e. The molecule has 0 radical (unpaired) electrons. The van der Waals surface area contributed by atoms with Crippen LogP contribution in [-0.2, 0) is 10.0 Å². The van der Waals surface area contributed by atoms with Gasteiger partial charge in [-0.3, -0.25) is 9.52 Å². The Morgan fingerprint density at radius 2 is 1.91 bits per heavy atom. The van der Waals surface area contributed by atoms with Crippen LogP contribution in [0.4, 0.5) is 11.4 Å². The third kappa shape index (κ3) is 4.90. The first-order valence-electron chi connectivity index (χ1n) is 9.35. The van der Waals surface area contributed by atoms with Crippen LogP contribution in [-0.4, -0.2) is 36.8 Å². The highest BCUT2D eigenvalue weighted by Crippen LogP contribution is 2.34. The van der Waals surface area contributed by atoms with Gasteiger partial charge in [0.1, 0.15) is 0 Å². The molecular formula is C21H20N4O6S. The fourth-order valence-electron chi connectivity index (χ4n) is 3.40. The minimum Gasteiger partial charge on any atom is -0.870 e. The molecule has 0 aliphatic carbocycles. The molecule has 0 saturated carbocycles. The standard InChI is InChI=1S/C21H18N4O5S.H2O/c1-31(28,29)24-16-9-7-14(8-10-16)18-13-19(15-4-2-5-17(12-15)23-27)25(22-18)21(26)20-6-3-11-30-20;/h2-12,19,24H,13H2,1H3;1H2. The molecule has 0 bridgehead atoms. The molecule has 166 valence electrons. The summed E-state index contributed by atoms with van der Waals surface area (Å²) in [6.45, 7) is 0. The summed E-state index contributed by atoms with van der Waals surface area (Å²) in [4.78, 5) is 24.1. The van der Waals surface area contributed by atoms with Gasteiger partial charge in [-0.05, 0) is 35.4 Å². The fraction of sp³-hybridized carbons (Fsp3) is 0.143. The number of benzene rings is 2. The van der Waals surface area contributed by atoms with E-state index in [2.05, 4.69) is 9.82 Å². The number of hydrogen-bond acceptors (Lipinski definition) is 7. The summed E-state index contributed by atoms with van der Waals surface area (Å²) < 4.78 is 30.5. The number of carbonyl (C=O) groups excluding carboxylic acids is 1. The first-order chi connectivity index (χ1) is 14.8. The Hall–Kier alpha value is -3.83. The van der Waals surface area contributed by atoms with E-state index < -0.39 is 22.0 Å². The van der Waals surface area contributed by atoms with Gasteiger partial charge in [0.2, 0.25) is 10.0 Å². The van der Waals surface area contributed by atoms with Crippen LogP contribution in [0.5, 0.6) is 0 Å². The molecule has 1 aliphatic rings. The van der Waals surface area contributed by atoms with Gasteiger partial charge < -0.3 is 9.89 Å². The average molecular weight is 456 g/mol. The molecule has 0 fully saturated rings. The number of carbonyl (C=O) groups is 1. The van der Waals surface area contributed by atoms with Crippen molar-refractivity contribution in [2.75, 3.05) is 11.0 Å². The van der Waals surface area contributed by atoms with E-state index in [-0.39, 0.29) is 11.2 Å². The van der Waals surface area contributed by atoms with Crippen molar-refractivity contribution in [2.24, 2.45) is 5.10 Å². The van der Waals surface area contributed by atoms with Crippen LogP contribution in [0, 0.1) is 4.91 Å². The number of sulfonamides is 1.